The molecule has 1 atom stereocenters. The molecule has 0 radical (unpaired) electrons. The highest BCUT2D eigenvalue weighted by atomic mass is 32.2. The zero-order valence-corrected chi connectivity index (χ0v) is 13.8. The highest BCUT2D eigenvalue weighted by molar-refractivity contribution is 7.98. The van der Waals surface area contributed by atoms with Gasteiger partial charge in [0.25, 0.3) is 5.91 Å². The molecule has 3 N–H and O–H groups in total. The molecule has 120 valence electrons. The van der Waals surface area contributed by atoms with Crippen LogP contribution in [0.2, 0.25) is 0 Å². The summed E-state index contributed by atoms with van der Waals surface area (Å²) in [5.41, 5.74) is 1.60. The molecule has 0 saturated carbocycles. The first-order chi connectivity index (χ1) is 11.1. The van der Waals surface area contributed by atoms with Crippen LogP contribution in [0.4, 0.5) is 10.5 Å². The van der Waals surface area contributed by atoms with Crippen LogP contribution in [0.1, 0.15) is 11.6 Å². The normalized spacial score (nSPS) is 11.4. The molecule has 23 heavy (non-hydrogen) atoms. The Morgan fingerprint density at radius 2 is 1.78 bits per heavy atom. The molecule has 0 spiro atoms. The molecule has 0 fully saturated rings. The van der Waals surface area contributed by atoms with Crippen LogP contribution >= 0.6 is 11.8 Å². The number of carbonyl (C=O) groups excluding carboxylic acids is 2. The van der Waals surface area contributed by atoms with Crippen LogP contribution in [0.5, 0.6) is 0 Å². The number of nitrogens with one attached hydrogen (secondary N) is 3. The van der Waals surface area contributed by atoms with Crippen molar-refractivity contribution in [1.82, 2.24) is 10.6 Å². The van der Waals surface area contributed by atoms with Crippen LogP contribution in [-0.2, 0) is 4.79 Å². The largest absolute Gasteiger partial charge is 0.370 e. The molecule has 2 rings (SSSR count). The predicted molar refractivity (Wildman–Crippen MR) is 93.6 cm³/mol. The lowest BCUT2D eigenvalue weighted by Crippen LogP contribution is -2.42. The highest BCUT2D eigenvalue weighted by Crippen LogP contribution is 2.23. The summed E-state index contributed by atoms with van der Waals surface area (Å²) in [5.74, 6) is -0.412. The van der Waals surface area contributed by atoms with Crippen molar-refractivity contribution in [2.24, 2.45) is 0 Å². The molecule has 0 heterocycles. The molecule has 2 aromatic rings. The molecule has 0 unspecified atom stereocenters. The SMILES string of the molecule is CNC(=O)NC(=O)[C@H](Nc1cccc(SC)c1)c1ccccc1. The van der Waals surface area contributed by atoms with Crippen LogP contribution in [-0.4, -0.2) is 25.2 Å². The second kappa shape index (κ2) is 8.24. The number of carbonyl (C=O) groups is 2. The Kier molecular flexibility index (Phi) is 6.05. The van der Waals surface area contributed by atoms with E-state index in [0.29, 0.717) is 0 Å². The van der Waals surface area contributed by atoms with Crippen molar-refractivity contribution in [2.75, 3.05) is 18.6 Å². The molecule has 3 amide bonds. The van der Waals surface area contributed by atoms with Crippen molar-refractivity contribution in [3.8, 4) is 0 Å². The number of imide groups is 1. The molecule has 2 aromatic carbocycles. The maximum atomic E-state index is 12.4. The van der Waals surface area contributed by atoms with Gasteiger partial charge >= 0.3 is 6.03 Å². The second-order valence-corrected chi connectivity index (χ2v) is 5.67. The minimum atomic E-state index is -0.661. The summed E-state index contributed by atoms with van der Waals surface area (Å²) in [6, 6.07) is 15.9. The van der Waals surface area contributed by atoms with Gasteiger partial charge in [0.15, 0.2) is 0 Å². The summed E-state index contributed by atoms with van der Waals surface area (Å²) in [4.78, 5) is 25.0. The molecule has 0 aliphatic heterocycles. The van der Waals surface area contributed by atoms with E-state index in [1.54, 1.807) is 11.8 Å². The number of urea groups is 1. The Labute approximate surface area is 139 Å². The maximum absolute atomic E-state index is 12.4. The van der Waals surface area contributed by atoms with Crippen molar-refractivity contribution in [3.05, 3.63) is 60.2 Å². The van der Waals surface area contributed by atoms with Gasteiger partial charge in [0.2, 0.25) is 0 Å². The molecule has 5 nitrogen and oxygen atoms in total. The summed E-state index contributed by atoms with van der Waals surface area (Å²) < 4.78 is 0. The first-order valence-electron chi connectivity index (χ1n) is 7.12. The number of benzene rings is 2. The first-order valence-corrected chi connectivity index (χ1v) is 8.34. The van der Waals surface area contributed by atoms with Gasteiger partial charge in [-0.15, -0.1) is 11.8 Å². The lowest BCUT2D eigenvalue weighted by Gasteiger charge is -2.19. The summed E-state index contributed by atoms with van der Waals surface area (Å²) in [6.07, 6.45) is 1.99. The van der Waals surface area contributed by atoms with E-state index in [4.69, 9.17) is 0 Å². The van der Waals surface area contributed by atoms with Crippen LogP contribution in [0.15, 0.2) is 59.5 Å². The average Bonchev–Trinajstić information content (AvgIpc) is 2.60. The summed E-state index contributed by atoms with van der Waals surface area (Å²) in [6.45, 7) is 0. The van der Waals surface area contributed by atoms with E-state index in [1.165, 1.54) is 7.05 Å². The lowest BCUT2D eigenvalue weighted by atomic mass is 10.1. The lowest BCUT2D eigenvalue weighted by molar-refractivity contribution is -0.120. The Bertz CT molecular complexity index is 677. The van der Waals surface area contributed by atoms with E-state index in [2.05, 4.69) is 16.0 Å². The number of amides is 3. The molecule has 0 aliphatic carbocycles. The van der Waals surface area contributed by atoms with Gasteiger partial charge in [-0.05, 0) is 30.0 Å². The minimum Gasteiger partial charge on any atom is -0.370 e. The zero-order chi connectivity index (χ0) is 16.7. The van der Waals surface area contributed by atoms with Crippen molar-refractivity contribution >= 4 is 29.4 Å². The van der Waals surface area contributed by atoms with E-state index < -0.39 is 18.0 Å². The predicted octanol–water partition coefficient (Wildman–Crippen LogP) is 3.02. The fraction of sp³-hybridized carbons (Fsp3) is 0.176. The molecular weight excluding hydrogens is 310 g/mol. The van der Waals surface area contributed by atoms with Crippen LogP contribution < -0.4 is 16.0 Å². The van der Waals surface area contributed by atoms with Crippen molar-refractivity contribution in [3.63, 3.8) is 0 Å². The maximum Gasteiger partial charge on any atom is 0.321 e. The molecule has 0 saturated heterocycles. The second-order valence-electron chi connectivity index (χ2n) is 4.79. The van der Waals surface area contributed by atoms with Crippen molar-refractivity contribution in [2.45, 2.75) is 10.9 Å². The zero-order valence-electron chi connectivity index (χ0n) is 13.0. The number of hydrogen-bond donors (Lipinski definition) is 3. The van der Waals surface area contributed by atoms with E-state index in [0.717, 1.165) is 16.1 Å². The first kappa shape index (κ1) is 16.9. The third-order valence-electron chi connectivity index (χ3n) is 3.24. The third kappa shape index (κ3) is 4.75. The monoisotopic (exact) mass is 329 g/mol. The van der Waals surface area contributed by atoms with Gasteiger partial charge in [0.05, 0.1) is 0 Å². The fourth-order valence-electron chi connectivity index (χ4n) is 2.07. The van der Waals surface area contributed by atoms with E-state index >= 15 is 0 Å². The quantitative estimate of drug-likeness (QED) is 0.738. The number of rotatable bonds is 5. The van der Waals surface area contributed by atoms with Gasteiger partial charge in [-0.25, -0.2) is 4.79 Å². The Morgan fingerprint density at radius 1 is 1.04 bits per heavy atom. The van der Waals surface area contributed by atoms with Gasteiger partial charge in [-0.2, -0.15) is 0 Å². The van der Waals surface area contributed by atoms with Crippen LogP contribution in [0.3, 0.4) is 0 Å². The van der Waals surface area contributed by atoms with Crippen molar-refractivity contribution in [1.29, 1.82) is 0 Å². The molecule has 0 bridgehead atoms. The fourth-order valence-corrected chi connectivity index (χ4v) is 2.53. The Hall–Kier alpha value is -2.47. The van der Waals surface area contributed by atoms with Gasteiger partial charge in [0.1, 0.15) is 6.04 Å². The van der Waals surface area contributed by atoms with E-state index in [-0.39, 0.29) is 0 Å². The van der Waals surface area contributed by atoms with Gasteiger partial charge in [-0.3, -0.25) is 10.1 Å². The van der Waals surface area contributed by atoms with E-state index in [1.807, 2.05) is 60.9 Å². The Morgan fingerprint density at radius 3 is 2.43 bits per heavy atom. The highest BCUT2D eigenvalue weighted by Gasteiger charge is 2.22. The molecule has 6 heteroatoms. The van der Waals surface area contributed by atoms with Gasteiger partial charge in [-0.1, -0.05) is 36.4 Å². The topological polar surface area (TPSA) is 70.2 Å². The summed E-state index contributed by atoms with van der Waals surface area (Å²) >= 11 is 1.62. The molecule has 0 aromatic heterocycles. The average molecular weight is 329 g/mol. The minimum absolute atomic E-state index is 0.412. The van der Waals surface area contributed by atoms with Crippen molar-refractivity contribution < 1.29 is 9.59 Å². The smallest absolute Gasteiger partial charge is 0.321 e. The summed E-state index contributed by atoms with van der Waals surface area (Å²) in [5, 5.41) is 7.90. The van der Waals surface area contributed by atoms with Crippen LogP contribution in [0, 0.1) is 0 Å². The number of hydrogen-bond acceptors (Lipinski definition) is 4. The summed E-state index contributed by atoms with van der Waals surface area (Å²) in [7, 11) is 1.47. The molecular formula is C17H19N3O2S. The Balaban J connectivity index is 2.26. The van der Waals surface area contributed by atoms with E-state index in [9.17, 15) is 9.59 Å². The van der Waals surface area contributed by atoms with Gasteiger partial charge in [0, 0.05) is 17.6 Å². The van der Waals surface area contributed by atoms with Gasteiger partial charge < -0.3 is 10.6 Å². The third-order valence-corrected chi connectivity index (χ3v) is 3.96. The standard InChI is InChI=1S/C17H19N3O2S/c1-18-17(22)20-16(21)15(12-7-4-3-5-8-12)19-13-9-6-10-14(11-13)23-2/h3-11,15,19H,1-2H3,(H2,18,20,21,22)/t15-/m1/s1. The number of thioether (sulfide) groups is 1. The van der Waals surface area contributed by atoms with Crippen LogP contribution in [0.25, 0.3) is 0 Å². The number of anilines is 1. The molecule has 0 aliphatic rings.